The van der Waals surface area contributed by atoms with Gasteiger partial charge in [-0.15, -0.1) is 0 Å². The van der Waals surface area contributed by atoms with Gasteiger partial charge in [-0.25, -0.2) is 9.59 Å². The van der Waals surface area contributed by atoms with E-state index in [9.17, 15) is 19.5 Å². The second-order valence-electron chi connectivity index (χ2n) is 10.3. The van der Waals surface area contributed by atoms with Crippen molar-refractivity contribution >= 4 is 23.7 Å². The SMILES string of the molecule is Cc1ccc(NC(=O)OCC2c3ccccc3-c3ccccc32)c(C(=O)N[C@@H](C(=O)O)[C@H](C)OCc2ccccc2)c1. The molecule has 8 nitrogen and oxygen atoms in total. The first kappa shape index (κ1) is 28.6. The van der Waals surface area contributed by atoms with Gasteiger partial charge in [-0.2, -0.15) is 0 Å². The molecule has 0 radical (unpaired) electrons. The molecule has 4 aromatic carbocycles. The van der Waals surface area contributed by atoms with Crippen molar-refractivity contribution < 1.29 is 29.0 Å². The number of aliphatic carboxylic acids is 1. The van der Waals surface area contributed by atoms with E-state index in [1.165, 1.54) is 0 Å². The van der Waals surface area contributed by atoms with Gasteiger partial charge in [0.25, 0.3) is 5.91 Å². The van der Waals surface area contributed by atoms with Crippen molar-refractivity contribution in [3.63, 3.8) is 0 Å². The predicted molar refractivity (Wildman–Crippen MR) is 159 cm³/mol. The largest absolute Gasteiger partial charge is 0.480 e. The fraction of sp³-hybridized carbons (Fsp3) is 0.206. The number of fused-ring (bicyclic) bond motifs is 3. The van der Waals surface area contributed by atoms with E-state index in [0.717, 1.165) is 33.4 Å². The maximum atomic E-state index is 13.3. The van der Waals surface area contributed by atoms with E-state index < -0.39 is 30.1 Å². The lowest BCUT2D eigenvalue weighted by Gasteiger charge is -2.23. The summed E-state index contributed by atoms with van der Waals surface area (Å²) in [5.74, 6) is -2.00. The standard InChI is InChI=1S/C34H32N2O6/c1-21-16-17-30(28(18-21)32(37)36-31(33(38)39)22(2)41-19-23-10-4-3-5-11-23)35-34(40)42-20-29-26-14-8-6-12-24(26)25-13-7-9-15-27(25)29/h3-18,22,29,31H,19-20H2,1-2H3,(H,35,40)(H,36,37)(H,38,39)/t22-,31+/m0/s1. The highest BCUT2D eigenvalue weighted by atomic mass is 16.5. The fourth-order valence-electron chi connectivity index (χ4n) is 5.20. The Morgan fingerprint density at radius 1 is 0.857 bits per heavy atom. The van der Waals surface area contributed by atoms with Crippen LogP contribution in [0.4, 0.5) is 10.5 Å². The van der Waals surface area contributed by atoms with Gasteiger partial charge >= 0.3 is 12.1 Å². The van der Waals surface area contributed by atoms with Crippen LogP contribution < -0.4 is 10.6 Å². The number of anilines is 1. The summed E-state index contributed by atoms with van der Waals surface area (Å²) in [6.07, 6.45) is -1.54. The van der Waals surface area contributed by atoms with E-state index in [1.54, 1.807) is 32.0 Å². The van der Waals surface area contributed by atoms with Crippen LogP contribution in [0, 0.1) is 6.92 Å². The number of carbonyl (C=O) groups excluding carboxylic acids is 2. The number of carboxylic acid groups (broad SMARTS) is 1. The maximum absolute atomic E-state index is 13.3. The van der Waals surface area contributed by atoms with Crippen molar-refractivity contribution in [3.05, 3.63) is 125 Å². The lowest BCUT2D eigenvalue weighted by Crippen LogP contribution is -2.48. The van der Waals surface area contributed by atoms with Crippen LogP contribution in [0.1, 0.15) is 45.5 Å². The fourth-order valence-corrected chi connectivity index (χ4v) is 5.20. The van der Waals surface area contributed by atoms with Crippen molar-refractivity contribution in [1.29, 1.82) is 0 Å². The topological polar surface area (TPSA) is 114 Å². The average Bonchev–Trinajstić information content (AvgIpc) is 3.32. The van der Waals surface area contributed by atoms with Crippen LogP contribution in [-0.2, 0) is 20.9 Å². The van der Waals surface area contributed by atoms with Gasteiger partial charge in [0.1, 0.15) is 6.61 Å². The summed E-state index contributed by atoms with van der Waals surface area (Å²) in [4.78, 5) is 38.3. The van der Waals surface area contributed by atoms with Crippen LogP contribution in [0.2, 0.25) is 0 Å². The Morgan fingerprint density at radius 3 is 2.12 bits per heavy atom. The number of rotatable bonds is 10. The van der Waals surface area contributed by atoms with Crippen molar-refractivity contribution in [2.45, 2.75) is 38.5 Å². The molecule has 5 rings (SSSR count). The number of hydrogen-bond acceptors (Lipinski definition) is 5. The Morgan fingerprint density at radius 2 is 1.48 bits per heavy atom. The van der Waals surface area contributed by atoms with Crippen LogP contribution in [0.15, 0.2) is 97.1 Å². The molecule has 0 unspecified atom stereocenters. The van der Waals surface area contributed by atoms with Gasteiger partial charge < -0.3 is 19.9 Å². The molecule has 0 saturated carbocycles. The Hall–Kier alpha value is -4.95. The summed E-state index contributed by atoms with van der Waals surface area (Å²) >= 11 is 0. The van der Waals surface area contributed by atoms with Crippen LogP contribution in [-0.4, -0.2) is 41.8 Å². The van der Waals surface area contributed by atoms with Gasteiger partial charge in [0.2, 0.25) is 0 Å². The van der Waals surface area contributed by atoms with Gasteiger partial charge in [-0.05, 0) is 53.8 Å². The summed E-state index contributed by atoms with van der Waals surface area (Å²) in [6.45, 7) is 3.70. The molecule has 0 spiro atoms. The molecule has 42 heavy (non-hydrogen) atoms. The molecule has 0 aromatic heterocycles. The molecule has 0 heterocycles. The zero-order valence-corrected chi connectivity index (χ0v) is 23.4. The van der Waals surface area contributed by atoms with Crippen LogP contribution >= 0.6 is 0 Å². The first-order valence-corrected chi connectivity index (χ1v) is 13.7. The first-order chi connectivity index (χ1) is 20.3. The number of benzene rings is 4. The summed E-state index contributed by atoms with van der Waals surface area (Å²) in [5.41, 5.74) is 6.38. The third-order valence-electron chi connectivity index (χ3n) is 7.38. The molecule has 2 amide bonds. The lowest BCUT2D eigenvalue weighted by molar-refractivity contribution is -0.143. The van der Waals surface area contributed by atoms with Gasteiger partial charge in [0.15, 0.2) is 6.04 Å². The minimum absolute atomic E-state index is 0.113. The van der Waals surface area contributed by atoms with Crippen LogP contribution in [0.25, 0.3) is 11.1 Å². The number of amides is 2. The average molecular weight is 565 g/mol. The molecule has 4 aromatic rings. The minimum Gasteiger partial charge on any atom is -0.480 e. The molecule has 2 atom stereocenters. The molecular formula is C34H32N2O6. The predicted octanol–water partition coefficient (Wildman–Crippen LogP) is 6.14. The van der Waals surface area contributed by atoms with Crippen molar-refractivity contribution in [1.82, 2.24) is 5.32 Å². The van der Waals surface area contributed by atoms with Crippen LogP contribution in [0.3, 0.4) is 0 Å². The monoisotopic (exact) mass is 564 g/mol. The van der Waals surface area contributed by atoms with E-state index in [1.807, 2.05) is 66.7 Å². The molecule has 1 aliphatic carbocycles. The van der Waals surface area contributed by atoms with E-state index in [-0.39, 0.29) is 30.4 Å². The smallest absolute Gasteiger partial charge is 0.411 e. The third kappa shape index (κ3) is 6.34. The van der Waals surface area contributed by atoms with Gasteiger partial charge in [-0.3, -0.25) is 10.1 Å². The van der Waals surface area contributed by atoms with E-state index in [4.69, 9.17) is 9.47 Å². The summed E-state index contributed by atoms with van der Waals surface area (Å²) in [6, 6.07) is 29.0. The number of carbonyl (C=O) groups is 3. The molecule has 0 saturated heterocycles. The highest BCUT2D eigenvalue weighted by Gasteiger charge is 2.30. The first-order valence-electron chi connectivity index (χ1n) is 13.7. The van der Waals surface area contributed by atoms with Gasteiger partial charge in [0, 0.05) is 5.92 Å². The second kappa shape index (κ2) is 12.7. The number of carboxylic acids is 1. The minimum atomic E-state index is -1.32. The molecule has 3 N–H and O–H groups in total. The highest BCUT2D eigenvalue weighted by Crippen LogP contribution is 2.44. The zero-order valence-electron chi connectivity index (χ0n) is 23.4. The van der Waals surface area contributed by atoms with Gasteiger partial charge in [0.05, 0.1) is 24.0 Å². The van der Waals surface area contributed by atoms with E-state index in [0.29, 0.717) is 0 Å². The highest BCUT2D eigenvalue weighted by molar-refractivity contribution is 6.04. The summed E-state index contributed by atoms with van der Waals surface area (Å²) < 4.78 is 11.4. The lowest BCUT2D eigenvalue weighted by atomic mass is 9.98. The van der Waals surface area contributed by atoms with Crippen molar-refractivity contribution in [2.75, 3.05) is 11.9 Å². The molecule has 1 aliphatic rings. The number of hydrogen-bond donors (Lipinski definition) is 3. The van der Waals surface area contributed by atoms with Gasteiger partial charge in [-0.1, -0.05) is 90.5 Å². The zero-order chi connectivity index (χ0) is 29.6. The van der Waals surface area contributed by atoms with E-state index >= 15 is 0 Å². The Labute approximate surface area is 244 Å². The molecule has 0 fully saturated rings. The molecular weight excluding hydrogens is 532 g/mol. The Bertz CT molecular complexity index is 1560. The van der Waals surface area contributed by atoms with E-state index in [2.05, 4.69) is 22.8 Å². The second-order valence-corrected chi connectivity index (χ2v) is 10.3. The van der Waals surface area contributed by atoms with Crippen molar-refractivity contribution in [2.24, 2.45) is 0 Å². The molecule has 8 heteroatoms. The molecule has 214 valence electrons. The maximum Gasteiger partial charge on any atom is 0.411 e. The number of aryl methyl sites for hydroxylation is 1. The normalized spacial score (nSPS) is 13.4. The van der Waals surface area contributed by atoms with Crippen LogP contribution in [0.5, 0.6) is 0 Å². The van der Waals surface area contributed by atoms with Crippen molar-refractivity contribution in [3.8, 4) is 11.1 Å². The number of nitrogens with one attached hydrogen (secondary N) is 2. The quantitative estimate of drug-likeness (QED) is 0.213. The Balaban J connectivity index is 1.25. The third-order valence-corrected chi connectivity index (χ3v) is 7.38. The summed E-state index contributed by atoms with van der Waals surface area (Å²) in [5, 5.41) is 15.1. The summed E-state index contributed by atoms with van der Waals surface area (Å²) in [7, 11) is 0. The molecule has 0 aliphatic heterocycles. The molecule has 0 bridgehead atoms. The Kier molecular flexibility index (Phi) is 8.64. The number of ether oxygens (including phenoxy) is 2.